The fourth-order valence-electron chi connectivity index (χ4n) is 4.73. The monoisotopic (exact) mass is 442 g/mol. The highest BCUT2D eigenvalue weighted by Crippen LogP contribution is 2.27. The summed E-state index contributed by atoms with van der Waals surface area (Å²) in [5.74, 6) is -0.602. The van der Waals surface area contributed by atoms with Gasteiger partial charge in [0.2, 0.25) is 5.95 Å². The van der Waals surface area contributed by atoms with E-state index < -0.39 is 5.82 Å². The van der Waals surface area contributed by atoms with Crippen molar-refractivity contribution >= 4 is 11.0 Å². The Morgan fingerprint density at radius 3 is 2.56 bits per heavy atom. The number of nitrogens with one attached hydrogen (secondary N) is 1. The van der Waals surface area contributed by atoms with Crippen LogP contribution < -0.4 is 5.56 Å². The number of halogens is 2. The van der Waals surface area contributed by atoms with E-state index >= 15 is 8.78 Å². The van der Waals surface area contributed by atoms with E-state index in [9.17, 15) is 4.79 Å². The summed E-state index contributed by atoms with van der Waals surface area (Å²) in [5.41, 5.74) is 1.71. The third-order valence-corrected chi connectivity index (χ3v) is 6.58. The van der Waals surface area contributed by atoms with Crippen LogP contribution in [0.1, 0.15) is 24.1 Å². The van der Waals surface area contributed by atoms with Crippen LogP contribution in [0.25, 0.3) is 11.0 Å². The molecule has 0 radical (unpaired) electrons. The molecule has 3 aliphatic rings. The van der Waals surface area contributed by atoms with Crippen LogP contribution in [0.5, 0.6) is 0 Å². The Bertz CT molecular complexity index is 1130. The van der Waals surface area contributed by atoms with Crippen molar-refractivity contribution in [1.29, 1.82) is 0 Å². The van der Waals surface area contributed by atoms with Gasteiger partial charge in [0.15, 0.2) is 5.82 Å². The van der Waals surface area contributed by atoms with Gasteiger partial charge in [0.25, 0.3) is 5.56 Å². The van der Waals surface area contributed by atoms with Gasteiger partial charge in [-0.05, 0) is 31.9 Å². The van der Waals surface area contributed by atoms with Crippen molar-refractivity contribution in [2.24, 2.45) is 0 Å². The van der Waals surface area contributed by atoms with Crippen LogP contribution in [-0.4, -0.2) is 75.6 Å². The number of hydrogen-bond donors (Lipinski definition) is 1. The van der Waals surface area contributed by atoms with Crippen molar-refractivity contribution < 1.29 is 8.78 Å². The lowest BCUT2D eigenvalue weighted by Crippen LogP contribution is -2.47. The van der Waals surface area contributed by atoms with Crippen molar-refractivity contribution in [3.05, 3.63) is 63.4 Å². The van der Waals surface area contributed by atoms with E-state index in [4.69, 9.17) is 0 Å². The predicted molar refractivity (Wildman–Crippen MR) is 119 cm³/mol. The van der Waals surface area contributed by atoms with E-state index in [2.05, 4.69) is 24.8 Å². The van der Waals surface area contributed by atoms with Crippen LogP contribution >= 0.6 is 0 Å². The summed E-state index contributed by atoms with van der Waals surface area (Å²) in [5, 5.41) is 3.86. The fraction of sp³-hybridized carbons (Fsp3) is 0.478. The smallest absolute Gasteiger partial charge is 0.269 e. The lowest BCUT2D eigenvalue weighted by Gasteiger charge is -2.40. The molecule has 1 aromatic carbocycles. The van der Waals surface area contributed by atoms with Gasteiger partial charge in [-0.1, -0.05) is 12.1 Å². The minimum Gasteiger partial charge on any atom is -0.365 e. The number of benzene rings is 1. The van der Waals surface area contributed by atoms with Gasteiger partial charge >= 0.3 is 0 Å². The Kier molecular flexibility index (Phi) is 5.69. The van der Waals surface area contributed by atoms with Gasteiger partial charge < -0.3 is 9.88 Å². The van der Waals surface area contributed by atoms with Crippen molar-refractivity contribution in [1.82, 2.24) is 29.8 Å². The molecule has 2 saturated heterocycles. The molecule has 2 aromatic rings. The highest BCUT2D eigenvalue weighted by atomic mass is 19.1. The predicted octanol–water partition coefficient (Wildman–Crippen LogP) is 2.51. The molecule has 170 valence electrons. The number of rotatable bonds is 4. The van der Waals surface area contributed by atoms with Crippen molar-refractivity contribution in [3.8, 4) is 0 Å². The molecular formula is C23H28F2N6O. The van der Waals surface area contributed by atoms with E-state index in [1.165, 1.54) is 0 Å². The van der Waals surface area contributed by atoms with Crippen LogP contribution in [0.2, 0.25) is 0 Å². The summed E-state index contributed by atoms with van der Waals surface area (Å²) in [6.45, 7) is 7.17. The number of hydrazine groups is 1. The molecular weight excluding hydrogens is 414 g/mol. The van der Waals surface area contributed by atoms with Crippen molar-refractivity contribution in [2.45, 2.75) is 26.3 Å². The number of H-pyrrole nitrogens is 1. The summed E-state index contributed by atoms with van der Waals surface area (Å²) in [6.07, 6.45) is 6.11. The number of fused-ring (bicyclic) bond motifs is 1. The van der Waals surface area contributed by atoms with Gasteiger partial charge in [0.05, 0.1) is 17.8 Å². The van der Waals surface area contributed by atoms with Crippen LogP contribution in [0.3, 0.4) is 0 Å². The van der Waals surface area contributed by atoms with E-state index in [1.807, 2.05) is 12.2 Å². The number of aromatic amines is 1. The maximum absolute atomic E-state index is 15.2. The second-order valence-electron chi connectivity index (χ2n) is 8.67. The van der Waals surface area contributed by atoms with Gasteiger partial charge in [-0.15, -0.1) is 0 Å². The Hall–Kier alpha value is -2.78. The van der Waals surface area contributed by atoms with Crippen LogP contribution in [0, 0.1) is 12.7 Å². The van der Waals surface area contributed by atoms with Gasteiger partial charge in [-0.2, -0.15) is 4.39 Å². The molecule has 7 nitrogen and oxygen atoms in total. The SMILES string of the molecule is Cc1nc2ccc(CN3CCN(C4=C(F)N(N5CCCC5)CC=C4)CC3)c(F)c2[nH]c1=O. The zero-order valence-electron chi connectivity index (χ0n) is 18.3. The van der Waals surface area contributed by atoms with Crippen molar-refractivity contribution in [3.63, 3.8) is 0 Å². The number of allylic oxidation sites excluding steroid dienone is 1. The van der Waals surface area contributed by atoms with Gasteiger partial charge in [0.1, 0.15) is 11.2 Å². The minimum absolute atomic E-state index is 0.151. The molecule has 0 atom stereocenters. The summed E-state index contributed by atoms with van der Waals surface area (Å²) >= 11 is 0. The van der Waals surface area contributed by atoms with Crippen molar-refractivity contribution in [2.75, 3.05) is 45.8 Å². The molecule has 0 aliphatic carbocycles. The molecule has 1 N–H and O–H groups in total. The van der Waals surface area contributed by atoms with Crippen LogP contribution in [0.15, 0.2) is 40.7 Å². The van der Waals surface area contributed by atoms with E-state index in [0.29, 0.717) is 61.7 Å². The highest BCUT2D eigenvalue weighted by molar-refractivity contribution is 5.75. The third kappa shape index (κ3) is 3.91. The first-order valence-corrected chi connectivity index (χ1v) is 11.3. The molecule has 2 fully saturated rings. The minimum atomic E-state index is -0.431. The van der Waals surface area contributed by atoms with Gasteiger partial charge in [-0.3, -0.25) is 14.7 Å². The molecule has 32 heavy (non-hydrogen) atoms. The normalized spacial score (nSPS) is 20.7. The molecule has 0 bridgehead atoms. The molecule has 9 heteroatoms. The van der Waals surface area contributed by atoms with E-state index in [0.717, 1.165) is 25.9 Å². The maximum atomic E-state index is 15.2. The zero-order chi connectivity index (χ0) is 22.2. The summed E-state index contributed by atoms with van der Waals surface area (Å²) < 4.78 is 30.2. The third-order valence-electron chi connectivity index (χ3n) is 6.58. The fourth-order valence-corrected chi connectivity index (χ4v) is 4.73. The first kappa shape index (κ1) is 21.1. The second kappa shape index (κ2) is 8.63. The lowest BCUT2D eigenvalue weighted by atomic mass is 10.1. The topological polar surface area (TPSA) is 58.7 Å². The number of nitrogens with zero attached hydrogens (tertiary/aromatic N) is 5. The quantitative estimate of drug-likeness (QED) is 0.735. The number of hydrogen-bond acceptors (Lipinski definition) is 6. The number of piperazine rings is 1. The zero-order valence-corrected chi connectivity index (χ0v) is 18.3. The molecule has 0 saturated carbocycles. The summed E-state index contributed by atoms with van der Waals surface area (Å²) in [6, 6.07) is 3.47. The summed E-state index contributed by atoms with van der Waals surface area (Å²) in [7, 11) is 0. The molecule has 0 spiro atoms. The highest BCUT2D eigenvalue weighted by Gasteiger charge is 2.29. The van der Waals surface area contributed by atoms with Gasteiger partial charge in [-0.25, -0.2) is 14.4 Å². The molecule has 0 amide bonds. The van der Waals surface area contributed by atoms with Crippen LogP contribution in [0.4, 0.5) is 8.78 Å². The Morgan fingerprint density at radius 1 is 1.06 bits per heavy atom. The summed E-state index contributed by atoms with van der Waals surface area (Å²) in [4.78, 5) is 22.9. The molecule has 5 rings (SSSR count). The largest absolute Gasteiger partial charge is 0.365 e. The molecule has 4 heterocycles. The second-order valence-corrected chi connectivity index (χ2v) is 8.67. The Morgan fingerprint density at radius 2 is 1.81 bits per heavy atom. The van der Waals surface area contributed by atoms with Crippen LogP contribution in [-0.2, 0) is 6.54 Å². The molecule has 1 aromatic heterocycles. The first-order chi connectivity index (χ1) is 15.5. The number of aryl methyl sites for hydroxylation is 1. The first-order valence-electron chi connectivity index (χ1n) is 11.3. The van der Waals surface area contributed by atoms with E-state index in [-0.39, 0.29) is 17.0 Å². The van der Waals surface area contributed by atoms with E-state index in [1.54, 1.807) is 24.1 Å². The van der Waals surface area contributed by atoms with Gasteiger partial charge in [0, 0.05) is 51.4 Å². The Labute approximate surface area is 185 Å². The molecule has 3 aliphatic heterocycles. The molecule has 0 unspecified atom stereocenters. The standard InChI is InChI=1S/C23H28F2N6O/c1-16-23(32)27-21-18(26-16)7-6-17(20(21)24)15-28-11-13-29(14-12-28)19-5-4-10-31(22(19)25)30-8-2-3-9-30/h4-7H,2-3,8-15H2,1H3,(H,27,32). The maximum Gasteiger partial charge on any atom is 0.269 e. The average Bonchev–Trinajstić information content (AvgIpc) is 3.33. The lowest BCUT2D eigenvalue weighted by molar-refractivity contribution is 0.0108. The Balaban J connectivity index is 1.27. The average molecular weight is 443 g/mol. The number of aromatic nitrogens is 2.